The van der Waals surface area contributed by atoms with Gasteiger partial charge in [-0.25, -0.2) is 0 Å². The van der Waals surface area contributed by atoms with Crippen molar-refractivity contribution in [3.8, 4) is 0 Å². The lowest BCUT2D eigenvalue weighted by molar-refractivity contribution is -0.139. The zero-order valence-electron chi connectivity index (χ0n) is 17.7. The molecule has 156 valence electrons. The number of hydrogen-bond donors (Lipinski definition) is 0. The second kappa shape index (κ2) is 6.57. The van der Waals surface area contributed by atoms with Gasteiger partial charge >= 0.3 is 0 Å². The number of amides is 2. The lowest BCUT2D eigenvalue weighted by atomic mass is 9.76. The lowest BCUT2D eigenvalue weighted by Crippen LogP contribution is -2.44. The molecule has 6 nitrogen and oxygen atoms in total. The van der Waals surface area contributed by atoms with Crippen molar-refractivity contribution in [3.63, 3.8) is 0 Å². The minimum atomic E-state index is -0.719. The quantitative estimate of drug-likeness (QED) is 0.732. The molecule has 2 saturated heterocycles. The Hall–Kier alpha value is -2.86. The molecule has 1 aromatic heterocycles. The number of hydrogen-bond acceptors (Lipinski definition) is 4. The van der Waals surface area contributed by atoms with Crippen LogP contribution in [-0.4, -0.2) is 42.0 Å². The summed E-state index contributed by atoms with van der Waals surface area (Å²) >= 11 is 0. The molecule has 2 amide bonds. The molecule has 30 heavy (non-hydrogen) atoms. The predicted molar refractivity (Wildman–Crippen MR) is 112 cm³/mol. The van der Waals surface area contributed by atoms with Crippen molar-refractivity contribution in [1.82, 2.24) is 4.90 Å². The molecule has 3 aliphatic heterocycles. The Balaban J connectivity index is 1.42. The first-order chi connectivity index (χ1) is 14.3. The summed E-state index contributed by atoms with van der Waals surface area (Å²) in [7, 11) is 1.75. The first-order valence-electron chi connectivity index (χ1n) is 10.4. The van der Waals surface area contributed by atoms with Crippen LogP contribution in [0.15, 0.2) is 46.9 Å². The van der Waals surface area contributed by atoms with Gasteiger partial charge in [0.1, 0.15) is 17.1 Å². The standard InChI is InChI=1S/C24H26N2O4/c1-14-5-7-17(11-15(14)2)26-13-24-10-9-19(30-24)20(21(24)23(26)28)22(27)25(4)12-18-8-6-16(3)29-18/h5-11,19-21H,12-13H2,1-4H3/t19-,20+,21+,24-/m0/s1. The topological polar surface area (TPSA) is 63.0 Å². The van der Waals surface area contributed by atoms with Gasteiger partial charge in [-0.2, -0.15) is 0 Å². The first kappa shape index (κ1) is 19.1. The maximum absolute atomic E-state index is 13.5. The molecule has 4 atom stereocenters. The molecule has 1 aromatic carbocycles. The number of fused-ring (bicyclic) bond motifs is 1. The van der Waals surface area contributed by atoms with E-state index in [-0.39, 0.29) is 17.9 Å². The van der Waals surface area contributed by atoms with Gasteiger partial charge in [0.2, 0.25) is 11.8 Å². The van der Waals surface area contributed by atoms with E-state index in [4.69, 9.17) is 9.15 Å². The average Bonchev–Trinajstić information content (AvgIpc) is 3.45. The third-order valence-electron chi connectivity index (χ3n) is 6.75. The minimum Gasteiger partial charge on any atom is -0.464 e. The molecule has 5 rings (SSSR count). The largest absolute Gasteiger partial charge is 0.464 e. The Morgan fingerprint density at radius 2 is 2.00 bits per heavy atom. The van der Waals surface area contributed by atoms with Crippen LogP contribution < -0.4 is 4.90 Å². The van der Waals surface area contributed by atoms with Crippen LogP contribution in [0.4, 0.5) is 5.69 Å². The maximum Gasteiger partial charge on any atom is 0.234 e. The summed E-state index contributed by atoms with van der Waals surface area (Å²) in [6.07, 6.45) is 3.58. The van der Waals surface area contributed by atoms with Crippen LogP contribution in [0.5, 0.6) is 0 Å². The molecular weight excluding hydrogens is 380 g/mol. The van der Waals surface area contributed by atoms with Gasteiger partial charge in [-0.15, -0.1) is 0 Å². The van der Waals surface area contributed by atoms with Crippen LogP contribution in [-0.2, 0) is 20.9 Å². The summed E-state index contributed by atoms with van der Waals surface area (Å²) in [4.78, 5) is 30.3. The highest BCUT2D eigenvalue weighted by molar-refractivity contribution is 6.03. The van der Waals surface area contributed by atoms with Gasteiger partial charge in [0.25, 0.3) is 0 Å². The van der Waals surface area contributed by atoms with Crippen molar-refractivity contribution in [1.29, 1.82) is 0 Å². The summed E-state index contributed by atoms with van der Waals surface area (Å²) in [5.41, 5.74) is 2.46. The molecule has 0 aliphatic carbocycles. The van der Waals surface area contributed by atoms with Gasteiger partial charge in [-0.3, -0.25) is 9.59 Å². The number of benzene rings is 1. The zero-order valence-corrected chi connectivity index (χ0v) is 17.7. The van der Waals surface area contributed by atoms with Crippen LogP contribution in [0.25, 0.3) is 0 Å². The fraction of sp³-hybridized carbons (Fsp3) is 0.417. The predicted octanol–water partition coefficient (Wildman–Crippen LogP) is 3.15. The lowest BCUT2D eigenvalue weighted by Gasteiger charge is -2.27. The van der Waals surface area contributed by atoms with Crippen molar-refractivity contribution < 1.29 is 18.7 Å². The number of aryl methyl sites for hydroxylation is 3. The fourth-order valence-electron chi connectivity index (χ4n) is 5.03. The zero-order chi connectivity index (χ0) is 21.2. The summed E-state index contributed by atoms with van der Waals surface area (Å²) in [6.45, 7) is 6.78. The Labute approximate surface area is 176 Å². The van der Waals surface area contributed by atoms with E-state index in [0.29, 0.717) is 13.1 Å². The van der Waals surface area contributed by atoms with Gasteiger partial charge in [-0.05, 0) is 56.2 Å². The van der Waals surface area contributed by atoms with Crippen LogP contribution in [0, 0.1) is 32.6 Å². The third-order valence-corrected chi connectivity index (χ3v) is 6.75. The summed E-state index contributed by atoms with van der Waals surface area (Å²) in [6, 6.07) is 9.78. The monoisotopic (exact) mass is 406 g/mol. The molecule has 2 bridgehead atoms. The van der Waals surface area contributed by atoms with Crippen molar-refractivity contribution >= 4 is 17.5 Å². The average molecular weight is 406 g/mol. The number of furan rings is 1. The summed E-state index contributed by atoms with van der Waals surface area (Å²) in [5, 5.41) is 0. The van der Waals surface area contributed by atoms with Crippen LogP contribution in [0.2, 0.25) is 0 Å². The number of carbonyl (C=O) groups is 2. The Bertz CT molecular complexity index is 1070. The third kappa shape index (κ3) is 2.74. The number of rotatable bonds is 4. The van der Waals surface area contributed by atoms with Crippen molar-refractivity contribution in [3.05, 3.63) is 65.1 Å². The molecule has 3 aliphatic rings. The van der Waals surface area contributed by atoms with Crippen LogP contribution in [0.1, 0.15) is 22.6 Å². The first-order valence-corrected chi connectivity index (χ1v) is 10.4. The number of carbonyl (C=O) groups excluding carboxylic acids is 2. The van der Waals surface area contributed by atoms with E-state index in [9.17, 15) is 9.59 Å². The molecule has 0 radical (unpaired) electrons. The van der Waals surface area contributed by atoms with Gasteiger partial charge in [0.05, 0.1) is 31.0 Å². The number of ether oxygens (including phenoxy) is 1. The van der Waals surface area contributed by atoms with Crippen LogP contribution in [0.3, 0.4) is 0 Å². The number of nitrogens with zero attached hydrogens (tertiary/aromatic N) is 2. The highest BCUT2D eigenvalue weighted by Crippen LogP contribution is 2.53. The molecule has 4 heterocycles. The Kier molecular flexibility index (Phi) is 4.19. The van der Waals surface area contributed by atoms with Crippen LogP contribution >= 0.6 is 0 Å². The van der Waals surface area contributed by atoms with E-state index in [1.807, 2.05) is 56.3 Å². The van der Waals surface area contributed by atoms with Crippen molar-refractivity contribution in [2.75, 3.05) is 18.5 Å². The molecule has 2 aromatic rings. The smallest absolute Gasteiger partial charge is 0.234 e. The normalized spacial score (nSPS) is 29.0. The van der Waals surface area contributed by atoms with Crippen molar-refractivity contribution in [2.24, 2.45) is 11.8 Å². The second-order valence-corrected chi connectivity index (χ2v) is 8.80. The molecular formula is C24H26N2O4. The highest BCUT2D eigenvalue weighted by Gasteiger charge is 2.67. The summed E-state index contributed by atoms with van der Waals surface area (Å²) in [5.74, 6) is 0.409. The van der Waals surface area contributed by atoms with Gasteiger partial charge in [0.15, 0.2) is 0 Å². The molecule has 0 saturated carbocycles. The molecule has 1 spiro atoms. The molecule has 2 fully saturated rings. The van der Waals surface area contributed by atoms with E-state index in [1.165, 1.54) is 5.56 Å². The Morgan fingerprint density at radius 1 is 1.20 bits per heavy atom. The van der Waals surface area contributed by atoms with Gasteiger partial charge in [-0.1, -0.05) is 18.2 Å². The van der Waals surface area contributed by atoms with E-state index in [2.05, 4.69) is 6.92 Å². The van der Waals surface area contributed by atoms with Gasteiger partial charge in [0, 0.05) is 12.7 Å². The Morgan fingerprint density at radius 3 is 2.70 bits per heavy atom. The van der Waals surface area contributed by atoms with E-state index in [1.54, 1.807) is 16.8 Å². The van der Waals surface area contributed by atoms with Crippen molar-refractivity contribution in [2.45, 2.75) is 39.0 Å². The fourth-order valence-corrected chi connectivity index (χ4v) is 5.03. The highest BCUT2D eigenvalue weighted by atomic mass is 16.5. The molecule has 0 unspecified atom stereocenters. The maximum atomic E-state index is 13.5. The van der Waals surface area contributed by atoms with E-state index >= 15 is 0 Å². The van der Waals surface area contributed by atoms with E-state index in [0.717, 1.165) is 22.8 Å². The number of anilines is 1. The molecule has 6 heteroatoms. The molecule has 0 N–H and O–H groups in total. The van der Waals surface area contributed by atoms with Gasteiger partial charge < -0.3 is 19.0 Å². The van der Waals surface area contributed by atoms with E-state index < -0.39 is 17.4 Å². The second-order valence-electron chi connectivity index (χ2n) is 8.80. The minimum absolute atomic E-state index is 0.0364. The SMILES string of the molecule is Cc1ccc(CN(C)C(=O)[C@@H]2[C@@H]3C=C[C@@]4(CN(c5ccc(C)c(C)c5)C(=O)[C@@H]24)O3)o1. The summed E-state index contributed by atoms with van der Waals surface area (Å²) < 4.78 is 11.9.